The summed E-state index contributed by atoms with van der Waals surface area (Å²) in [6, 6.07) is 0. The molecular formula is C15H29N3. The van der Waals surface area contributed by atoms with E-state index in [0.717, 1.165) is 36.7 Å². The molecule has 3 heteroatoms. The number of hydrogen-bond donors (Lipinski definition) is 1. The molecule has 0 amide bonds. The van der Waals surface area contributed by atoms with E-state index in [-0.39, 0.29) is 5.41 Å². The minimum atomic E-state index is 0.0491. The van der Waals surface area contributed by atoms with E-state index in [9.17, 15) is 0 Å². The van der Waals surface area contributed by atoms with E-state index < -0.39 is 0 Å². The third kappa shape index (κ3) is 3.06. The number of aromatic nitrogens is 2. The molecular weight excluding hydrogens is 222 g/mol. The van der Waals surface area contributed by atoms with Crippen LogP contribution in [-0.2, 0) is 12.0 Å². The Morgan fingerprint density at radius 3 is 2.28 bits per heavy atom. The van der Waals surface area contributed by atoms with Gasteiger partial charge in [0.1, 0.15) is 11.6 Å². The fourth-order valence-electron chi connectivity index (χ4n) is 2.44. The van der Waals surface area contributed by atoms with Gasteiger partial charge in [-0.05, 0) is 12.8 Å². The van der Waals surface area contributed by atoms with Crippen molar-refractivity contribution in [2.24, 2.45) is 0 Å². The van der Waals surface area contributed by atoms with Crippen molar-refractivity contribution in [2.75, 3.05) is 5.73 Å². The summed E-state index contributed by atoms with van der Waals surface area (Å²) in [5, 5.41) is 0. The first-order chi connectivity index (χ1) is 8.32. The molecule has 0 saturated heterocycles. The predicted molar refractivity (Wildman–Crippen MR) is 79.0 cm³/mol. The number of rotatable bonds is 5. The van der Waals surface area contributed by atoms with Crippen LogP contribution in [0.25, 0.3) is 0 Å². The summed E-state index contributed by atoms with van der Waals surface area (Å²) in [7, 11) is 0. The first-order valence-electron chi connectivity index (χ1n) is 7.19. The van der Waals surface area contributed by atoms with E-state index in [1.54, 1.807) is 0 Å². The van der Waals surface area contributed by atoms with Gasteiger partial charge >= 0.3 is 0 Å². The van der Waals surface area contributed by atoms with Gasteiger partial charge in [0.25, 0.3) is 0 Å². The first kappa shape index (κ1) is 15.1. The second kappa shape index (κ2) is 5.77. The van der Waals surface area contributed by atoms with Gasteiger partial charge in [-0.1, -0.05) is 48.0 Å². The van der Waals surface area contributed by atoms with Crippen molar-refractivity contribution >= 4 is 5.82 Å². The predicted octanol–water partition coefficient (Wildman–Crippen LogP) is 4.08. The van der Waals surface area contributed by atoms with E-state index in [1.807, 2.05) is 0 Å². The van der Waals surface area contributed by atoms with Crippen LogP contribution in [0.4, 0.5) is 5.82 Å². The minimum Gasteiger partial charge on any atom is -0.384 e. The van der Waals surface area contributed by atoms with Crippen LogP contribution in [0.1, 0.15) is 78.2 Å². The van der Waals surface area contributed by atoms with Crippen molar-refractivity contribution in [3.8, 4) is 0 Å². The molecule has 0 radical (unpaired) electrons. The summed E-state index contributed by atoms with van der Waals surface area (Å²) >= 11 is 0. The maximum Gasteiger partial charge on any atom is 0.127 e. The van der Waals surface area contributed by atoms with Crippen LogP contribution in [0.15, 0.2) is 0 Å². The molecule has 3 nitrogen and oxygen atoms in total. The largest absolute Gasteiger partial charge is 0.384 e. The van der Waals surface area contributed by atoms with Crippen molar-refractivity contribution in [3.63, 3.8) is 0 Å². The van der Waals surface area contributed by atoms with Crippen LogP contribution in [0.2, 0.25) is 0 Å². The molecule has 0 fully saturated rings. The third-order valence-electron chi connectivity index (χ3n) is 3.34. The third-order valence-corrected chi connectivity index (χ3v) is 3.34. The average molecular weight is 251 g/mol. The molecule has 0 spiro atoms. The van der Waals surface area contributed by atoms with Crippen LogP contribution < -0.4 is 5.73 Å². The Morgan fingerprint density at radius 1 is 1.22 bits per heavy atom. The topological polar surface area (TPSA) is 43.8 Å². The maximum atomic E-state index is 6.32. The summed E-state index contributed by atoms with van der Waals surface area (Å²) in [6.07, 6.45) is 3.41. The molecule has 0 aromatic carbocycles. The molecule has 0 aliphatic carbocycles. The molecule has 0 bridgehead atoms. The van der Waals surface area contributed by atoms with Gasteiger partial charge in [-0.25, -0.2) is 4.98 Å². The van der Waals surface area contributed by atoms with Gasteiger partial charge < -0.3 is 10.3 Å². The smallest absolute Gasteiger partial charge is 0.127 e. The number of imidazole rings is 1. The quantitative estimate of drug-likeness (QED) is 0.857. The number of anilines is 1. The Hall–Kier alpha value is -0.990. The first-order valence-corrected chi connectivity index (χ1v) is 7.19. The highest BCUT2D eigenvalue weighted by molar-refractivity contribution is 5.41. The Balaban J connectivity index is 3.23. The van der Waals surface area contributed by atoms with E-state index in [2.05, 4.69) is 46.1 Å². The van der Waals surface area contributed by atoms with Crippen molar-refractivity contribution in [2.45, 2.75) is 78.7 Å². The van der Waals surface area contributed by atoms with Gasteiger partial charge in [0, 0.05) is 17.9 Å². The highest BCUT2D eigenvalue weighted by atomic mass is 15.2. The van der Waals surface area contributed by atoms with Crippen LogP contribution in [-0.4, -0.2) is 9.55 Å². The van der Waals surface area contributed by atoms with Gasteiger partial charge in [-0.3, -0.25) is 0 Å². The summed E-state index contributed by atoms with van der Waals surface area (Å²) in [4.78, 5) is 4.86. The van der Waals surface area contributed by atoms with Gasteiger partial charge in [-0.2, -0.15) is 0 Å². The normalized spacial score (nSPS) is 13.9. The minimum absolute atomic E-state index is 0.0491. The second-order valence-electron chi connectivity index (χ2n) is 6.30. The molecule has 0 aliphatic heterocycles. The monoisotopic (exact) mass is 251 g/mol. The molecule has 1 aromatic heterocycles. The number of nitrogens with two attached hydrogens (primary N) is 1. The lowest BCUT2D eigenvalue weighted by molar-refractivity contribution is 0.497. The fraction of sp³-hybridized carbons (Fsp3) is 0.800. The fourth-order valence-corrected chi connectivity index (χ4v) is 2.44. The molecule has 1 rings (SSSR count). The molecule has 18 heavy (non-hydrogen) atoms. The number of hydrogen-bond acceptors (Lipinski definition) is 2. The number of nitrogen functional groups attached to an aromatic ring is 1. The lowest BCUT2D eigenvalue weighted by atomic mass is 9.95. The Bertz CT molecular complexity index is 385. The Labute approximate surface area is 112 Å². The van der Waals surface area contributed by atoms with E-state index in [1.165, 1.54) is 6.42 Å². The van der Waals surface area contributed by atoms with Crippen molar-refractivity contribution in [1.82, 2.24) is 9.55 Å². The lowest BCUT2D eigenvalue weighted by Crippen LogP contribution is -2.19. The zero-order valence-corrected chi connectivity index (χ0v) is 12.9. The zero-order chi connectivity index (χ0) is 13.9. The average Bonchev–Trinajstić information content (AvgIpc) is 2.57. The maximum absolute atomic E-state index is 6.32. The Morgan fingerprint density at radius 2 is 1.83 bits per heavy atom. The molecule has 104 valence electrons. The van der Waals surface area contributed by atoms with E-state index in [4.69, 9.17) is 10.7 Å². The molecule has 1 unspecified atom stereocenters. The lowest BCUT2D eigenvalue weighted by Gasteiger charge is -2.19. The molecule has 2 N–H and O–H groups in total. The summed E-state index contributed by atoms with van der Waals surface area (Å²) in [6.45, 7) is 14.2. The van der Waals surface area contributed by atoms with Gasteiger partial charge in [-0.15, -0.1) is 0 Å². The van der Waals surface area contributed by atoms with Crippen LogP contribution in [0, 0.1) is 0 Å². The van der Waals surface area contributed by atoms with Crippen molar-refractivity contribution in [1.29, 1.82) is 0 Å². The SMILES string of the molecule is CCCC(C)c1nc(C(C)(C)C)n(CCC)c1N. The zero-order valence-electron chi connectivity index (χ0n) is 12.9. The number of nitrogens with zero attached hydrogens (tertiary/aromatic N) is 2. The highest BCUT2D eigenvalue weighted by Gasteiger charge is 2.26. The van der Waals surface area contributed by atoms with Crippen molar-refractivity contribution < 1.29 is 0 Å². The molecule has 1 aromatic rings. The van der Waals surface area contributed by atoms with E-state index >= 15 is 0 Å². The molecule has 0 saturated carbocycles. The van der Waals surface area contributed by atoms with Crippen LogP contribution in [0.3, 0.4) is 0 Å². The highest BCUT2D eigenvalue weighted by Crippen LogP contribution is 2.31. The van der Waals surface area contributed by atoms with Gasteiger partial charge in [0.15, 0.2) is 0 Å². The van der Waals surface area contributed by atoms with E-state index in [0.29, 0.717) is 5.92 Å². The summed E-state index contributed by atoms with van der Waals surface area (Å²) in [5.74, 6) is 2.46. The van der Waals surface area contributed by atoms with Gasteiger partial charge in [0.2, 0.25) is 0 Å². The summed E-state index contributed by atoms with van der Waals surface area (Å²) in [5.41, 5.74) is 7.46. The molecule has 1 atom stereocenters. The van der Waals surface area contributed by atoms with Crippen LogP contribution in [0.5, 0.6) is 0 Å². The molecule has 0 aliphatic rings. The van der Waals surface area contributed by atoms with Crippen molar-refractivity contribution in [3.05, 3.63) is 11.5 Å². The van der Waals surface area contributed by atoms with Crippen LogP contribution >= 0.6 is 0 Å². The Kier molecular flexibility index (Phi) is 4.83. The standard InChI is InChI=1S/C15H29N3/c1-7-9-11(3)12-13(16)18(10-8-2)14(17-12)15(4,5)6/h11H,7-10,16H2,1-6H3. The van der Waals surface area contributed by atoms with Gasteiger partial charge in [0.05, 0.1) is 5.69 Å². The molecule has 1 heterocycles. The second-order valence-corrected chi connectivity index (χ2v) is 6.30. The summed E-state index contributed by atoms with van der Waals surface area (Å²) < 4.78 is 2.21.